The number of nitrogens with zero attached hydrogens (tertiary/aromatic N) is 1. The number of carbonyl (C=O) groups is 1. The van der Waals surface area contributed by atoms with E-state index >= 15 is 0 Å². The van der Waals surface area contributed by atoms with E-state index in [9.17, 15) is 9.18 Å². The van der Waals surface area contributed by atoms with Crippen LogP contribution in [0.25, 0.3) is 0 Å². The minimum absolute atomic E-state index is 0.0605. The molecule has 0 saturated carbocycles. The van der Waals surface area contributed by atoms with Crippen LogP contribution in [0.3, 0.4) is 0 Å². The molecule has 1 N–H and O–H groups in total. The van der Waals surface area contributed by atoms with Gasteiger partial charge in [-0.1, -0.05) is 6.07 Å². The number of amides is 1. The van der Waals surface area contributed by atoms with Crippen LogP contribution in [0.4, 0.5) is 10.1 Å². The lowest BCUT2D eigenvalue weighted by molar-refractivity contribution is -0.121. The molecule has 2 atom stereocenters. The number of morpholine rings is 1. The first-order valence-corrected chi connectivity index (χ1v) is 10.6. The maximum absolute atomic E-state index is 14.7. The summed E-state index contributed by atoms with van der Waals surface area (Å²) in [5, 5.41) is 2.86. The van der Waals surface area contributed by atoms with E-state index in [2.05, 4.69) is 5.32 Å². The molecule has 7 heteroatoms. The van der Waals surface area contributed by atoms with Crippen molar-refractivity contribution in [2.24, 2.45) is 0 Å². The quantitative estimate of drug-likeness (QED) is 0.692. The topological polar surface area (TPSA) is 60.0 Å². The van der Waals surface area contributed by atoms with Crippen LogP contribution in [0.1, 0.15) is 31.4 Å². The van der Waals surface area contributed by atoms with Crippen LogP contribution in [-0.4, -0.2) is 45.4 Å². The van der Waals surface area contributed by atoms with Crippen molar-refractivity contribution in [3.05, 3.63) is 53.3 Å². The summed E-state index contributed by atoms with van der Waals surface area (Å²) >= 11 is 0. The van der Waals surface area contributed by atoms with Crippen molar-refractivity contribution >= 4 is 11.6 Å². The van der Waals surface area contributed by atoms with Gasteiger partial charge in [-0.2, -0.15) is 0 Å². The number of methoxy groups -OCH3 is 2. The summed E-state index contributed by atoms with van der Waals surface area (Å²) in [6.07, 6.45) is 0.941. The third-order valence-electron chi connectivity index (χ3n) is 5.37. The summed E-state index contributed by atoms with van der Waals surface area (Å²) in [6.45, 7) is 5.58. The Balaban J connectivity index is 1.54. The van der Waals surface area contributed by atoms with Crippen molar-refractivity contribution in [1.29, 1.82) is 0 Å². The number of carbonyl (C=O) groups excluding carboxylic acids is 1. The molecule has 1 heterocycles. The molecule has 2 aromatic carbocycles. The van der Waals surface area contributed by atoms with Crippen molar-refractivity contribution in [2.45, 2.75) is 45.4 Å². The summed E-state index contributed by atoms with van der Waals surface area (Å²) in [7, 11) is 3.20. The highest BCUT2D eigenvalue weighted by Crippen LogP contribution is 2.26. The van der Waals surface area contributed by atoms with E-state index in [0.29, 0.717) is 31.6 Å². The number of aryl methyl sites for hydroxylation is 1. The molecule has 168 valence electrons. The molecule has 2 aromatic rings. The minimum Gasteiger partial charge on any atom is -0.497 e. The molecule has 0 spiro atoms. The molecule has 0 aromatic heterocycles. The largest absolute Gasteiger partial charge is 0.497 e. The molecule has 6 nitrogen and oxygen atoms in total. The molecule has 1 saturated heterocycles. The molecule has 0 bridgehead atoms. The number of rotatable bonds is 8. The van der Waals surface area contributed by atoms with E-state index in [1.807, 2.05) is 43.0 Å². The van der Waals surface area contributed by atoms with E-state index in [0.717, 1.165) is 22.6 Å². The van der Waals surface area contributed by atoms with Crippen LogP contribution in [0.15, 0.2) is 36.4 Å². The average molecular weight is 431 g/mol. The van der Waals surface area contributed by atoms with Crippen molar-refractivity contribution < 1.29 is 23.4 Å². The van der Waals surface area contributed by atoms with Gasteiger partial charge in [0.15, 0.2) is 0 Å². The monoisotopic (exact) mass is 430 g/mol. The summed E-state index contributed by atoms with van der Waals surface area (Å²) in [6, 6.07) is 10.6. The maximum Gasteiger partial charge on any atom is 0.220 e. The van der Waals surface area contributed by atoms with Crippen LogP contribution in [-0.2, 0) is 22.5 Å². The summed E-state index contributed by atoms with van der Waals surface area (Å²) in [5.74, 6) is 1.05. The first kappa shape index (κ1) is 22.9. The lowest BCUT2D eigenvalue weighted by Gasteiger charge is -2.37. The van der Waals surface area contributed by atoms with E-state index in [-0.39, 0.29) is 30.5 Å². The Labute approximate surface area is 183 Å². The predicted octanol–water partition coefficient (Wildman–Crippen LogP) is 3.71. The van der Waals surface area contributed by atoms with Crippen molar-refractivity contribution in [3.8, 4) is 11.5 Å². The van der Waals surface area contributed by atoms with E-state index in [1.54, 1.807) is 20.3 Å². The predicted molar refractivity (Wildman–Crippen MR) is 118 cm³/mol. The number of hydrogen-bond acceptors (Lipinski definition) is 5. The van der Waals surface area contributed by atoms with Crippen molar-refractivity contribution in [3.63, 3.8) is 0 Å². The molecular weight excluding hydrogens is 399 g/mol. The third-order valence-corrected chi connectivity index (χ3v) is 5.37. The highest BCUT2D eigenvalue weighted by atomic mass is 19.1. The van der Waals surface area contributed by atoms with Gasteiger partial charge in [0.25, 0.3) is 0 Å². The molecule has 0 aliphatic carbocycles. The van der Waals surface area contributed by atoms with Gasteiger partial charge in [-0.3, -0.25) is 4.79 Å². The van der Waals surface area contributed by atoms with Gasteiger partial charge in [0, 0.05) is 26.1 Å². The second-order valence-electron chi connectivity index (χ2n) is 7.90. The number of nitrogens with one attached hydrogen (secondary N) is 1. The summed E-state index contributed by atoms with van der Waals surface area (Å²) in [4.78, 5) is 14.3. The van der Waals surface area contributed by atoms with Gasteiger partial charge < -0.3 is 24.4 Å². The van der Waals surface area contributed by atoms with Crippen LogP contribution < -0.4 is 19.7 Å². The normalized spacial score (nSPS) is 18.5. The van der Waals surface area contributed by atoms with Crippen LogP contribution in [0.5, 0.6) is 11.5 Å². The second kappa shape index (κ2) is 10.5. The smallest absolute Gasteiger partial charge is 0.220 e. The van der Waals surface area contributed by atoms with E-state index < -0.39 is 0 Å². The van der Waals surface area contributed by atoms with E-state index in [1.165, 1.54) is 6.07 Å². The first-order chi connectivity index (χ1) is 14.9. The summed E-state index contributed by atoms with van der Waals surface area (Å²) < 4.78 is 31.0. The Bertz CT molecular complexity index is 895. The van der Waals surface area contributed by atoms with Gasteiger partial charge in [-0.05, 0) is 61.7 Å². The number of hydrogen-bond donors (Lipinski definition) is 1. The van der Waals surface area contributed by atoms with Gasteiger partial charge in [0.05, 0.1) is 32.1 Å². The fraction of sp³-hybridized carbons (Fsp3) is 0.458. The fourth-order valence-electron chi connectivity index (χ4n) is 3.91. The molecule has 1 aliphatic rings. The lowest BCUT2D eigenvalue weighted by Crippen LogP contribution is -2.45. The third kappa shape index (κ3) is 6.10. The average Bonchev–Trinajstić information content (AvgIpc) is 2.75. The highest BCUT2D eigenvalue weighted by molar-refractivity contribution is 5.76. The number of ether oxygens (including phenoxy) is 3. The van der Waals surface area contributed by atoms with Gasteiger partial charge in [-0.25, -0.2) is 4.39 Å². The lowest BCUT2D eigenvalue weighted by atomic mass is 10.1. The van der Waals surface area contributed by atoms with Gasteiger partial charge in [0.1, 0.15) is 17.3 Å². The van der Waals surface area contributed by atoms with Crippen LogP contribution in [0.2, 0.25) is 0 Å². The number of benzene rings is 2. The van der Waals surface area contributed by atoms with Gasteiger partial charge in [-0.15, -0.1) is 0 Å². The van der Waals surface area contributed by atoms with E-state index in [4.69, 9.17) is 14.2 Å². The Kier molecular flexibility index (Phi) is 7.74. The van der Waals surface area contributed by atoms with Crippen LogP contribution in [0, 0.1) is 5.82 Å². The SMILES string of the molecule is COc1ccc(OC)c(CCC(=O)NCc2ccc(N3CC(C)OC(C)C3)c(F)c2)c1. The minimum atomic E-state index is -0.283. The summed E-state index contributed by atoms with van der Waals surface area (Å²) in [5.41, 5.74) is 2.20. The highest BCUT2D eigenvalue weighted by Gasteiger charge is 2.24. The molecular formula is C24H31FN2O4. The zero-order valence-electron chi connectivity index (χ0n) is 18.6. The number of halogens is 1. The molecule has 0 radical (unpaired) electrons. The van der Waals surface area contributed by atoms with Crippen molar-refractivity contribution in [2.75, 3.05) is 32.2 Å². The zero-order chi connectivity index (χ0) is 22.4. The molecule has 1 amide bonds. The Hall–Kier alpha value is -2.80. The Morgan fingerprint density at radius 3 is 2.52 bits per heavy atom. The molecule has 1 fully saturated rings. The molecule has 3 rings (SSSR count). The van der Waals surface area contributed by atoms with Crippen LogP contribution >= 0.6 is 0 Å². The standard InChI is InChI=1S/C24H31FN2O4/c1-16-14-27(15-17(2)31-16)22-8-5-18(11-21(22)25)13-26-24(28)10-6-19-12-20(29-3)7-9-23(19)30-4/h5,7-9,11-12,16-17H,6,10,13-15H2,1-4H3,(H,26,28). The number of anilines is 1. The Morgan fingerprint density at radius 2 is 1.87 bits per heavy atom. The molecule has 2 unspecified atom stereocenters. The Morgan fingerprint density at radius 1 is 1.13 bits per heavy atom. The van der Waals surface area contributed by atoms with Gasteiger partial charge in [0.2, 0.25) is 5.91 Å². The zero-order valence-corrected chi connectivity index (χ0v) is 18.6. The van der Waals surface area contributed by atoms with Crippen molar-refractivity contribution in [1.82, 2.24) is 5.32 Å². The molecule has 1 aliphatic heterocycles. The second-order valence-corrected chi connectivity index (χ2v) is 7.90. The fourth-order valence-corrected chi connectivity index (χ4v) is 3.91. The van der Waals surface area contributed by atoms with Gasteiger partial charge >= 0.3 is 0 Å². The maximum atomic E-state index is 14.7. The first-order valence-electron chi connectivity index (χ1n) is 10.6. The molecule has 31 heavy (non-hydrogen) atoms.